The van der Waals surface area contributed by atoms with Crippen molar-refractivity contribution in [1.82, 2.24) is 10.3 Å². The first-order chi connectivity index (χ1) is 9.24. The molecular formula is C14H17ClN2OS. The van der Waals surface area contributed by atoms with E-state index in [4.69, 9.17) is 16.3 Å². The van der Waals surface area contributed by atoms with Crippen molar-refractivity contribution in [2.24, 2.45) is 0 Å². The highest BCUT2D eigenvalue weighted by atomic mass is 35.5. The number of rotatable bonds is 6. The summed E-state index contributed by atoms with van der Waals surface area (Å²) < 4.78 is 5.43. The van der Waals surface area contributed by atoms with Gasteiger partial charge in [0.05, 0.1) is 22.3 Å². The zero-order valence-corrected chi connectivity index (χ0v) is 12.6. The average Bonchev–Trinajstić information content (AvgIpc) is 2.85. The molecule has 0 bridgehead atoms. The summed E-state index contributed by atoms with van der Waals surface area (Å²) in [6.07, 6.45) is 0.940. The molecule has 1 aromatic heterocycles. The largest absolute Gasteiger partial charge is 0.494 e. The van der Waals surface area contributed by atoms with Gasteiger partial charge < -0.3 is 10.1 Å². The van der Waals surface area contributed by atoms with E-state index in [1.807, 2.05) is 37.6 Å². The number of halogens is 1. The van der Waals surface area contributed by atoms with E-state index >= 15 is 0 Å². The normalized spacial score (nSPS) is 10.7. The second-order valence-electron chi connectivity index (χ2n) is 4.05. The molecule has 0 spiro atoms. The van der Waals surface area contributed by atoms with Crippen LogP contribution in [0.5, 0.6) is 5.75 Å². The Balaban J connectivity index is 2.19. The molecule has 1 aromatic carbocycles. The molecule has 5 heteroatoms. The van der Waals surface area contributed by atoms with Gasteiger partial charge in [-0.15, -0.1) is 11.3 Å². The maximum atomic E-state index is 6.29. The minimum Gasteiger partial charge on any atom is -0.494 e. The molecule has 0 fully saturated rings. The van der Waals surface area contributed by atoms with Gasteiger partial charge in [-0.25, -0.2) is 4.98 Å². The highest BCUT2D eigenvalue weighted by molar-refractivity contribution is 7.09. The summed E-state index contributed by atoms with van der Waals surface area (Å²) in [5.74, 6) is 0.793. The van der Waals surface area contributed by atoms with Crippen molar-refractivity contribution in [1.29, 1.82) is 0 Å². The lowest BCUT2D eigenvalue weighted by atomic mass is 10.1. The second kappa shape index (κ2) is 6.89. The molecule has 1 N–H and O–H groups in total. The zero-order chi connectivity index (χ0) is 13.7. The summed E-state index contributed by atoms with van der Waals surface area (Å²) >= 11 is 7.95. The van der Waals surface area contributed by atoms with Gasteiger partial charge in [-0.2, -0.15) is 0 Å². The second-order valence-corrected chi connectivity index (χ2v) is 5.40. The summed E-state index contributed by atoms with van der Waals surface area (Å²) in [7, 11) is 1.94. The van der Waals surface area contributed by atoms with Gasteiger partial charge in [0, 0.05) is 23.9 Å². The Labute approximate surface area is 122 Å². The quantitative estimate of drug-likeness (QED) is 0.884. The molecular weight excluding hydrogens is 280 g/mol. The Hall–Kier alpha value is -1.10. The SMILES string of the molecule is CCOc1ccc(-c2csc(CCNC)n2)c(Cl)c1. The van der Waals surface area contributed by atoms with Gasteiger partial charge in [0.2, 0.25) is 0 Å². The topological polar surface area (TPSA) is 34.1 Å². The zero-order valence-electron chi connectivity index (χ0n) is 11.1. The molecule has 102 valence electrons. The van der Waals surface area contributed by atoms with E-state index in [1.165, 1.54) is 0 Å². The summed E-state index contributed by atoms with van der Waals surface area (Å²) in [6, 6.07) is 5.73. The van der Waals surface area contributed by atoms with Crippen molar-refractivity contribution in [2.75, 3.05) is 20.2 Å². The number of ether oxygens (including phenoxy) is 1. The number of benzene rings is 1. The molecule has 1 heterocycles. The van der Waals surface area contributed by atoms with Gasteiger partial charge in [-0.05, 0) is 32.2 Å². The number of nitrogens with one attached hydrogen (secondary N) is 1. The standard InChI is InChI=1S/C14H17ClN2OS/c1-3-18-10-4-5-11(12(15)8-10)13-9-19-14(17-13)6-7-16-2/h4-5,8-9,16H,3,6-7H2,1-2H3. The van der Waals surface area contributed by atoms with Crippen LogP contribution in [0, 0.1) is 0 Å². The van der Waals surface area contributed by atoms with E-state index in [0.717, 1.165) is 35.0 Å². The van der Waals surface area contributed by atoms with E-state index in [9.17, 15) is 0 Å². The molecule has 0 saturated carbocycles. The monoisotopic (exact) mass is 296 g/mol. The lowest BCUT2D eigenvalue weighted by molar-refractivity contribution is 0.340. The van der Waals surface area contributed by atoms with Gasteiger partial charge in [-0.3, -0.25) is 0 Å². The van der Waals surface area contributed by atoms with Gasteiger partial charge in [-0.1, -0.05) is 11.6 Å². The predicted octanol–water partition coefficient (Wildman–Crippen LogP) is 3.62. The van der Waals surface area contributed by atoms with Gasteiger partial charge in [0.25, 0.3) is 0 Å². The summed E-state index contributed by atoms with van der Waals surface area (Å²) in [4.78, 5) is 4.61. The Morgan fingerprint density at radius 1 is 1.42 bits per heavy atom. The van der Waals surface area contributed by atoms with Crippen molar-refractivity contribution >= 4 is 22.9 Å². The van der Waals surface area contributed by atoms with Crippen molar-refractivity contribution < 1.29 is 4.74 Å². The molecule has 0 unspecified atom stereocenters. The van der Waals surface area contributed by atoms with E-state index < -0.39 is 0 Å². The lowest BCUT2D eigenvalue weighted by Crippen LogP contribution is -2.09. The number of aromatic nitrogens is 1. The maximum Gasteiger partial charge on any atom is 0.120 e. The Morgan fingerprint density at radius 3 is 2.95 bits per heavy atom. The fourth-order valence-electron chi connectivity index (χ4n) is 1.74. The van der Waals surface area contributed by atoms with E-state index in [2.05, 4.69) is 10.3 Å². The minimum atomic E-state index is 0.639. The summed E-state index contributed by atoms with van der Waals surface area (Å²) in [5, 5.41) is 6.97. The minimum absolute atomic E-state index is 0.639. The molecule has 2 aromatic rings. The maximum absolute atomic E-state index is 6.29. The number of likely N-dealkylation sites (N-methyl/N-ethyl adjacent to an activating group) is 1. The number of thiazole rings is 1. The third kappa shape index (κ3) is 3.69. The molecule has 3 nitrogen and oxygen atoms in total. The third-order valence-corrected chi connectivity index (χ3v) is 3.89. The van der Waals surface area contributed by atoms with Crippen LogP contribution in [0.2, 0.25) is 5.02 Å². The molecule has 2 rings (SSSR count). The Bertz CT molecular complexity index is 542. The highest BCUT2D eigenvalue weighted by Crippen LogP contribution is 2.31. The number of hydrogen-bond donors (Lipinski definition) is 1. The molecule has 0 aliphatic rings. The van der Waals surface area contributed by atoms with Crippen molar-refractivity contribution in [3.63, 3.8) is 0 Å². The number of nitrogens with zero attached hydrogens (tertiary/aromatic N) is 1. The first-order valence-electron chi connectivity index (χ1n) is 6.26. The molecule has 0 radical (unpaired) electrons. The predicted molar refractivity (Wildman–Crippen MR) is 81.4 cm³/mol. The Kier molecular flexibility index (Phi) is 5.19. The van der Waals surface area contributed by atoms with Crippen LogP contribution in [0.15, 0.2) is 23.6 Å². The van der Waals surface area contributed by atoms with Crippen LogP contribution in [-0.4, -0.2) is 25.2 Å². The smallest absolute Gasteiger partial charge is 0.120 e. The summed E-state index contributed by atoms with van der Waals surface area (Å²) in [5.41, 5.74) is 1.89. The molecule has 0 amide bonds. The summed E-state index contributed by atoms with van der Waals surface area (Å²) in [6.45, 7) is 3.53. The van der Waals surface area contributed by atoms with Crippen LogP contribution in [0.1, 0.15) is 11.9 Å². The van der Waals surface area contributed by atoms with Crippen LogP contribution >= 0.6 is 22.9 Å². The highest BCUT2D eigenvalue weighted by Gasteiger charge is 2.09. The Morgan fingerprint density at radius 2 is 2.26 bits per heavy atom. The van der Waals surface area contributed by atoms with Crippen LogP contribution in [0.25, 0.3) is 11.3 Å². The number of hydrogen-bond acceptors (Lipinski definition) is 4. The van der Waals surface area contributed by atoms with Crippen molar-refractivity contribution in [2.45, 2.75) is 13.3 Å². The van der Waals surface area contributed by atoms with Crippen LogP contribution in [0.4, 0.5) is 0 Å². The van der Waals surface area contributed by atoms with E-state index in [-0.39, 0.29) is 0 Å². The molecule has 19 heavy (non-hydrogen) atoms. The van der Waals surface area contributed by atoms with E-state index in [1.54, 1.807) is 11.3 Å². The van der Waals surface area contributed by atoms with Gasteiger partial charge >= 0.3 is 0 Å². The van der Waals surface area contributed by atoms with Crippen LogP contribution in [0.3, 0.4) is 0 Å². The van der Waals surface area contributed by atoms with Crippen LogP contribution in [-0.2, 0) is 6.42 Å². The fourth-order valence-corrected chi connectivity index (χ4v) is 2.81. The van der Waals surface area contributed by atoms with Crippen molar-refractivity contribution in [3.8, 4) is 17.0 Å². The van der Waals surface area contributed by atoms with Gasteiger partial charge in [0.15, 0.2) is 0 Å². The van der Waals surface area contributed by atoms with Crippen LogP contribution < -0.4 is 10.1 Å². The lowest BCUT2D eigenvalue weighted by Gasteiger charge is -2.06. The van der Waals surface area contributed by atoms with Gasteiger partial charge in [0.1, 0.15) is 5.75 Å². The molecule has 0 aliphatic heterocycles. The van der Waals surface area contributed by atoms with Crippen molar-refractivity contribution in [3.05, 3.63) is 33.6 Å². The third-order valence-electron chi connectivity index (χ3n) is 2.67. The molecule has 0 atom stereocenters. The first-order valence-corrected chi connectivity index (χ1v) is 7.52. The van der Waals surface area contributed by atoms with E-state index in [0.29, 0.717) is 11.6 Å². The first kappa shape index (κ1) is 14.3. The molecule has 0 aliphatic carbocycles. The molecule has 0 saturated heterocycles. The fraction of sp³-hybridized carbons (Fsp3) is 0.357. The average molecular weight is 297 g/mol.